The quantitative estimate of drug-likeness (QED) is 0.603. The van der Waals surface area contributed by atoms with Gasteiger partial charge in [-0.05, 0) is 38.3 Å². The van der Waals surface area contributed by atoms with Crippen LogP contribution in [0, 0.1) is 19.3 Å². The Morgan fingerprint density at radius 1 is 1.15 bits per heavy atom. The van der Waals surface area contributed by atoms with Gasteiger partial charge in [0, 0.05) is 24.7 Å². The lowest BCUT2D eigenvalue weighted by Gasteiger charge is -2.33. The first-order valence-electron chi connectivity index (χ1n) is 7.81. The number of aryl methyl sites for hydroxylation is 2. The van der Waals surface area contributed by atoms with Gasteiger partial charge >= 0.3 is 0 Å². The summed E-state index contributed by atoms with van der Waals surface area (Å²) in [6.45, 7) is 5.12. The fraction of sp³-hybridized carbons (Fsp3) is 0.611. The van der Waals surface area contributed by atoms with Crippen LogP contribution in [0.15, 0.2) is 18.2 Å². The third-order valence-electron chi connectivity index (χ3n) is 4.66. The van der Waals surface area contributed by atoms with Crippen molar-refractivity contribution in [2.24, 2.45) is 5.41 Å². The third-order valence-corrected chi connectivity index (χ3v) is 4.66. The van der Waals surface area contributed by atoms with Crippen molar-refractivity contribution in [2.75, 3.05) is 18.5 Å². The predicted molar refractivity (Wildman–Crippen MR) is 85.4 cm³/mol. The molecule has 0 unspecified atom stereocenters. The first kappa shape index (κ1) is 15.1. The Morgan fingerprint density at radius 2 is 1.80 bits per heavy atom. The van der Waals surface area contributed by atoms with Gasteiger partial charge < -0.3 is 9.69 Å². The Bertz CT molecular complexity index is 458. The van der Waals surface area contributed by atoms with Crippen molar-refractivity contribution in [1.29, 1.82) is 0 Å². The summed E-state index contributed by atoms with van der Waals surface area (Å²) in [4.78, 5) is 14.0. The second kappa shape index (κ2) is 6.43. The van der Waals surface area contributed by atoms with Crippen LogP contribution in [-0.2, 0) is 4.79 Å². The van der Waals surface area contributed by atoms with Gasteiger partial charge in [0.1, 0.15) is 6.29 Å². The van der Waals surface area contributed by atoms with Crippen LogP contribution in [-0.4, -0.2) is 19.9 Å². The van der Waals surface area contributed by atoms with E-state index in [0.29, 0.717) is 0 Å². The van der Waals surface area contributed by atoms with E-state index in [4.69, 9.17) is 0 Å². The van der Waals surface area contributed by atoms with E-state index in [-0.39, 0.29) is 5.41 Å². The Kier molecular flexibility index (Phi) is 4.85. The fourth-order valence-electron chi connectivity index (χ4n) is 3.54. The van der Waals surface area contributed by atoms with Gasteiger partial charge in [0.2, 0.25) is 0 Å². The van der Waals surface area contributed by atoms with Gasteiger partial charge in [-0.25, -0.2) is 0 Å². The smallest absolute Gasteiger partial charge is 0.127 e. The molecule has 0 aromatic heterocycles. The van der Waals surface area contributed by atoms with Crippen LogP contribution < -0.4 is 4.90 Å². The number of hydrogen-bond donors (Lipinski definition) is 0. The normalized spacial score (nSPS) is 18.4. The lowest BCUT2D eigenvalue weighted by molar-refractivity contribution is -0.116. The highest BCUT2D eigenvalue weighted by Crippen LogP contribution is 2.35. The number of nitrogens with zero attached hydrogens (tertiary/aromatic N) is 1. The lowest BCUT2D eigenvalue weighted by Crippen LogP contribution is -2.37. The first-order valence-corrected chi connectivity index (χ1v) is 7.81. The minimum Gasteiger partial charge on any atom is -0.373 e. The zero-order valence-electron chi connectivity index (χ0n) is 13.1. The van der Waals surface area contributed by atoms with E-state index >= 15 is 0 Å². The molecule has 1 saturated carbocycles. The predicted octanol–water partition coefficient (Wildman–Crippen LogP) is 4.28. The molecule has 0 atom stereocenters. The molecule has 0 saturated heterocycles. The summed E-state index contributed by atoms with van der Waals surface area (Å²) in [7, 11) is 2.12. The van der Waals surface area contributed by atoms with Crippen molar-refractivity contribution < 1.29 is 4.79 Å². The van der Waals surface area contributed by atoms with Crippen LogP contribution in [0.5, 0.6) is 0 Å². The maximum Gasteiger partial charge on any atom is 0.127 e. The number of benzene rings is 1. The van der Waals surface area contributed by atoms with E-state index in [1.807, 2.05) is 0 Å². The Hall–Kier alpha value is -1.31. The van der Waals surface area contributed by atoms with Gasteiger partial charge in [0.05, 0.1) is 0 Å². The molecule has 0 amide bonds. The highest BCUT2D eigenvalue weighted by Gasteiger charge is 2.32. The molecular weight excluding hydrogens is 246 g/mol. The van der Waals surface area contributed by atoms with Gasteiger partial charge in [0.25, 0.3) is 0 Å². The maximum atomic E-state index is 11.7. The number of rotatable bonds is 4. The van der Waals surface area contributed by atoms with Crippen molar-refractivity contribution in [1.82, 2.24) is 0 Å². The summed E-state index contributed by atoms with van der Waals surface area (Å²) < 4.78 is 0. The molecule has 1 fully saturated rings. The molecule has 0 radical (unpaired) electrons. The van der Waals surface area contributed by atoms with Gasteiger partial charge in [-0.3, -0.25) is 0 Å². The van der Waals surface area contributed by atoms with Crippen LogP contribution in [0.4, 0.5) is 5.69 Å². The van der Waals surface area contributed by atoms with Crippen LogP contribution in [0.25, 0.3) is 0 Å². The molecule has 1 aliphatic rings. The summed E-state index contributed by atoms with van der Waals surface area (Å²) in [5, 5.41) is 0. The molecule has 0 N–H and O–H groups in total. The van der Waals surface area contributed by atoms with Gasteiger partial charge in [-0.2, -0.15) is 0 Å². The molecule has 1 aromatic rings. The molecule has 0 bridgehead atoms. The minimum atomic E-state index is -0.136. The summed E-state index contributed by atoms with van der Waals surface area (Å²) in [6.07, 6.45) is 8.28. The van der Waals surface area contributed by atoms with Gasteiger partial charge in [0.15, 0.2) is 0 Å². The number of aldehydes is 1. The molecular formula is C18H27NO. The average Bonchev–Trinajstić information content (AvgIpc) is 2.64. The summed E-state index contributed by atoms with van der Waals surface area (Å²) >= 11 is 0. The maximum absolute atomic E-state index is 11.7. The van der Waals surface area contributed by atoms with E-state index in [9.17, 15) is 4.79 Å². The number of hydrogen-bond acceptors (Lipinski definition) is 2. The zero-order valence-corrected chi connectivity index (χ0v) is 13.1. The molecule has 0 heterocycles. The highest BCUT2D eigenvalue weighted by molar-refractivity contribution is 5.62. The molecule has 2 rings (SSSR count). The Labute approximate surface area is 123 Å². The number of anilines is 1. The molecule has 20 heavy (non-hydrogen) atoms. The standard InChI is InChI=1S/C18H27NO/c1-15-8-9-17(16(2)12-15)19(3)13-18(14-20)10-6-4-5-7-11-18/h8-9,12,14H,4-7,10-11,13H2,1-3H3. The Balaban J connectivity index is 2.15. The average molecular weight is 273 g/mol. The van der Waals surface area contributed by atoms with Crippen LogP contribution >= 0.6 is 0 Å². The molecule has 2 heteroatoms. The molecule has 1 aromatic carbocycles. The second-order valence-electron chi connectivity index (χ2n) is 6.54. The van der Waals surface area contributed by atoms with Crippen molar-refractivity contribution >= 4 is 12.0 Å². The Morgan fingerprint density at radius 3 is 2.35 bits per heavy atom. The van der Waals surface area contributed by atoms with Crippen LogP contribution in [0.1, 0.15) is 49.7 Å². The number of carbonyl (C=O) groups is 1. The second-order valence-corrected chi connectivity index (χ2v) is 6.54. The van der Waals surface area contributed by atoms with Crippen molar-refractivity contribution in [3.05, 3.63) is 29.3 Å². The third kappa shape index (κ3) is 3.41. The topological polar surface area (TPSA) is 20.3 Å². The van der Waals surface area contributed by atoms with E-state index in [0.717, 1.165) is 19.4 Å². The van der Waals surface area contributed by atoms with Crippen LogP contribution in [0.3, 0.4) is 0 Å². The first-order chi connectivity index (χ1) is 9.56. The molecule has 0 spiro atoms. The molecule has 0 aliphatic heterocycles. The molecule has 110 valence electrons. The summed E-state index contributed by atoms with van der Waals surface area (Å²) in [5.74, 6) is 0. The minimum absolute atomic E-state index is 0.136. The highest BCUT2D eigenvalue weighted by atomic mass is 16.1. The SMILES string of the molecule is Cc1ccc(N(C)CC2(C=O)CCCCCC2)c(C)c1. The van der Waals surface area contributed by atoms with Crippen LogP contribution in [0.2, 0.25) is 0 Å². The van der Waals surface area contributed by atoms with Crippen molar-refractivity contribution in [3.8, 4) is 0 Å². The monoisotopic (exact) mass is 273 g/mol. The molecule has 2 nitrogen and oxygen atoms in total. The largest absolute Gasteiger partial charge is 0.373 e. The van der Waals surface area contributed by atoms with E-state index in [1.54, 1.807) is 0 Å². The van der Waals surface area contributed by atoms with E-state index in [1.165, 1.54) is 48.8 Å². The molecule has 1 aliphatic carbocycles. The van der Waals surface area contributed by atoms with Crippen molar-refractivity contribution in [2.45, 2.75) is 52.4 Å². The zero-order chi connectivity index (χ0) is 14.6. The number of carbonyl (C=O) groups excluding carboxylic acids is 1. The fourth-order valence-corrected chi connectivity index (χ4v) is 3.54. The van der Waals surface area contributed by atoms with Gasteiger partial charge in [-0.1, -0.05) is 43.4 Å². The van der Waals surface area contributed by atoms with Crippen molar-refractivity contribution in [3.63, 3.8) is 0 Å². The lowest BCUT2D eigenvalue weighted by atomic mass is 9.81. The van der Waals surface area contributed by atoms with Gasteiger partial charge in [-0.15, -0.1) is 0 Å². The van der Waals surface area contributed by atoms with E-state index in [2.05, 4.69) is 44.0 Å². The summed E-state index contributed by atoms with van der Waals surface area (Å²) in [5.41, 5.74) is 3.70. The summed E-state index contributed by atoms with van der Waals surface area (Å²) in [6, 6.07) is 6.55. The van der Waals surface area contributed by atoms with E-state index < -0.39 is 0 Å².